The number of halogens is 5. The van der Waals surface area contributed by atoms with Gasteiger partial charge in [0.25, 0.3) is 0 Å². The summed E-state index contributed by atoms with van der Waals surface area (Å²) in [7, 11) is 1.58. The molecule has 0 fully saturated rings. The third kappa shape index (κ3) is 5.53. The molecular weight excluding hydrogens is 420 g/mol. The van der Waals surface area contributed by atoms with Gasteiger partial charge in [-0.25, -0.2) is 9.37 Å². The lowest BCUT2D eigenvalue weighted by atomic mass is 10.2. The van der Waals surface area contributed by atoms with Crippen LogP contribution >= 0.6 is 15.9 Å². The molecule has 0 saturated carbocycles. The molecule has 142 valence electrons. The van der Waals surface area contributed by atoms with Crippen LogP contribution in [-0.4, -0.2) is 39.6 Å². The molecule has 1 aromatic heterocycles. The van der Waals surface area contributed by atoms with E-state index in [1.54, 1.807) is 20.0 Å². The number of hydrogen-bond acceptors (Lipinski definition) is 3. The van der Waals surface area contributed by atoms with E-state index in [0.717, 1.165) is 4.57 Å². The fourth-order valence-electron chi connectivity index (χ4n) is 2.22. The number of carbonyl (C=O) groups excluding carboxylic acids is 1. The van der Waals surface area contributed by atoms with Gasteiger partial charge in [-0.3, -0.25) is 9.69 Å². The Hall–Kier alpha value is -1.94. The van der Waals surface area contributed by atoms with Crippen LogP contribution in [0.1, 0.15) is 12.7 Å². The molecule has 1 N–H and O–H groups in total. The molecule has 26 heavy (non-hydrogen) atoms. The fourth-order valence-corrected chi connectivity index (χ4v) is 2.55. The molecule has 1 unspecified atom stereocenters. The zero-order chi connectivity index (χ0) is 19.5. The Morgan fingerprint density at radius 2 is 2.12 bits per heavy atom. The number of anilines is 1. The van der Waals surface area contributed by atoms with Crippen molar-refractivity contribution in [2.24, 2.45) is 0 Å². The lowest BCUT2D eigenvalue weighted by Crippen LogP contribution is -2.40. The van der Waals surface area contributed by atoms with E-state index in [4.69, 9.17) is 0 Å². The third-order valence-corrected chi connectivity index (χ3v) is 4.27. The number of rotatable bonds is 6. The topological polar surface area (TPSA) is 50.2 Å². The van der Waals surface area contributed by atoms with Crippen molar-refractivity contribution < 1.29 is 22.4 Å². The molecule has 10 heteroatoms. The number of imidazole rings is 1. The number of hydrogen-bond donors (Lipinski definition) is 1. The molecule has 0 saturated heterocycles. The van der Waals surface area contributed by atoms with Crippen LogP contribution in [0.15, 0.2) is 35.1 Å². The smallest absolute Gasteiger partial charge is 0.325 e. The summed E-state index contributed by atoms with van der Waals surface area (Å²) in [6.45, 7) is 0.449. The third-order valence-electron chi connectivity index (χ3n) is 3.77. The summed E-state index contributed by atoms with van der Waals surface area (Å²) < 4.78 is 53.0. The van der Waals surface area contributed by atoms with Gasteiger partial charge in [-0.15, -0.1) is 0 Å². The van der Waals surface area contributed by atoms with Gasteiger partial charge in [0.1, 0.15) is 18.2 Å². The number of nitrogens with one attached hydrogen (secondary N) is 1. The van der Waals surface area contributed by atoms with E-state index in [-0.39, 0.29) is 18.1 Å². The summed E-state index contributed by atoms with van der Waals surface area (Å²) in [5.41, 5.74) is 0.0250. The molecule has 2 rings (SSSR count). The second-order valence-electron chi connectivity index (χ2n) is 5.79. The molecule has 1 aromatic carbocycles. The highest BCUT2D eigenvalue weighted by Gasteiger charge is 2.29. The molecule has 2 aromatic rings. The van der Waals surface area contributed by atoms with Crippen LogP contribution in [0.4, 0.5) is 23.2 Å². The first-order valence-corrected chi connectivity index (χ1v) is 8.39. The molecule has 0 spiro atoms. The molecule has 1 atom stereocenters. The van der Waals surface area contributed by atoms with Crippen molar-refractivity contribution >= 4 is 27.5 Å². The van der Waals surface area contributed by atoms with Gasteiger partial charge in [0.05, 0.1) is 18.3 Å². The predicted octanol–water partition coefficient (Wildman–Crippen LogP) is 3.81. The maximum absolute atomic E-state index is 13.8. The first-order valence-electron chi connectivity index (χ1n) is 7.60. The Bertz CT molecular complexity index is 778. The Morgan fingerprint density at radius 3 is 2.73 bits per heavy atom. The van der Waals surface area contributed by atoms with E-state index in [1.807, 2.05) is 0 Å². The van der Waals surface area contributed by atoms with Crippen molar-refractivity contribution in [3.63, 3.8) is 0 Å². The van der Waals surface area contributed by atoms with Gasteiger partial charge in [-0.1, -0.05) is 15.9 Å². The summed E-state index contributed by atoms with van der Waals surface area (Å²) in [5, 5.41) is 2.47. The molecule has 0 aliphatic carbocycles. The number of alkyl halides is 3. The standard InChI is InChI=1S/C16H17BrF4N4O/c1-10(15(26)23-13-4-3-11(17)7-12(13)18)24(2)8-14-22-5-6-25(14)9-16(19,20)21/h3-7,10H,8-9H2,1-2H3,(H,23,26). The van der Waals surface area contributed by atoms with Gasteiger partial charge in [0.2, 0.25) is 5.91 Å². The van der Waals surface area contributed by atoms with Crippen LogP contribution in [0, 0.1) is 5.82 Å². The van der Waals surface area contributed by atoms with E-state index < -0.39 is 30.5 Å². The van der Waals surface area contributed by atoms with Crippen molar-refractivity contribution in [2.75, 3.05) is 12.4 Å². The molecule has 0 bridgehead atoms. The number of carbonyl (C=O) groups is 1. The van der Waals surface area contributed by atoms with Gasteiger partial charge in [0.15, 0.2) is 0 Å². The molecule has 0 aliphatic rings. The van der Waals surface area contributed by atoms with Crippen molar-refractivity contribution in [1.82, 2.24) is 14.5 Å². The normalized spacial score (nSPS) is 13.1. The molecule has 5 nitrogen and oxygen atoms in total. The average molecular weight is 437 g/mol. The Balaban J connectivity index is 2.02. The maximum Gasteiger partial charge on any atom is 0.406 e. The van der Waals surface area contributed by atoms with Crippen molar-refractivity contribution in [1.29, 1.82) is 0 Å². The van der Waals surface area contributed by atoms with Gasteiger partial charge in [-0.2, -0.15) is 13.2 Å². The van der Waals surface area contributed by atoms with Gasteiger partial charge < -0.3 is 9.88 Å². The Labute approximate surface area is 156 Å². The number of amides is 1. The molecular formula is C16H17BrF4N4O. The van der Waals surface area contributed by atoms with Crippen molar-refractivity contribution in [3.05, 3.63) is 46.7 Å². The van der Waals surface area contributed by atoms with Gasteiger partial charge in [0, 0.05) is 16.9 Å². The minimum Gasteiger partial charge on any atom is -0.325 e. The van der Waals surface area contributed by atoms with Crippen LogP contribution in [0.3, 0.4) is 0 Å². The quantitative estimate of drug-likeness (QED) is 0.700. The first kappa shape index (κ1) is 20.4. The number of nitrogens with zero attached hydrogens (tertiary/aromatic N) is 3. The minimum absolute atomic E-state index is 0.0250. The summed E-state index contributed by atoms with van der Waals surface area (Å²) in [6.07, 6.45) is -1.86. The van der Waals surface area contributed by atoms with Crippen LogP contribution in [0.25, 0.3) is 0 Å². The minimum atomic E-state index is -4.36. The monoisotopic (exact) mass is 436 g/mol. The van der Waals surface area contributed by atoms with Gasteiger partial charge >= 0.3 is 6.18 Å². The lowest BCUT2D eigenvalue weighted by molar-refractivity contribution is -0.141. The highest BCUT2D eigenvalue weighted by Crippen LogP contribution is 2.21. The second-order valence-corrected chi connectivity index (χ2v) is 6.71. The lowest BCUT2D eigenvalue weighted by Gasteiger charge is -2.24. The molecule has 0 radical (unpaired) electrons. The van der Waals surface area contributed by atoms with E-state index in [1.165, 1.54) is 29.4 Å². The first-order chi connectivity index (χ1) is 12.1. The maximum atomic E-state index is 13.8. The van der Waals surface area contributed by atoms with E-state index in [2.05, 4.69) is 26.2 Å². The highest BCUT2D eigenvalue weighted by atomic mass is 79.9. The van der Waals surface area contributed by atoms with Crippen LogP contribution < -0.4 is 5.32 Å². The zero-order valence-corrected chi connectivity index (χ0v) is 15.6. The number of aromatic nitrogens is 2. The molecule has 1 heterocycles. The zero-order valence-electron chi connectivity index (χ0n) is 14.0. The number of benzene rings is 1. The van der Waals surface area contributed by atoms with Crippen molar-refractivity contribution in [3.8, 4) is 0 Å². The summed E-state index contributed by atoms with van der Waals surface area (Å²) in [4.78, 5) is 17.7. The van der Waals surface area contributed by atoms with E-state index in [0.29, 0.717) is 4.47 Å². The summed E-state index contributed by atoms with van der Waals surface area (Å²) >= 11 is 3.13. The molecule has 1 amide bonds. The van der Waals surface area contributed by atoms with E-state index in [9.17, 15) is 22.4 Å². The Kier molecular flexibility index (Phi) is 6.40. The largest absolute Gasteiger partial charge is 0.406 e. The highest BCUT2D eigenvalue weighted by molar-refractivity contribution is 9.10. The van der Waals surface area contributed by atoms with Crippen LogP contribution in [0.2, 0.25) is 0 Å². The average Bonchev–Trinajstić information content (AvgIpc) is 2.94. The second kappa shape index (κ2) is 8.17. The summed E-state index contributed by atoms with van der Waals surface area (Å²) in [5.74, 6) is -0.898. The number of likely N-dealkylation sites (N-methyl/N-ethyl adjacent to an activating group) is 1. The van der Waals surface area contributed by atoms with Crippen molar-refractivity contribution in [2.45, 2.75) is 32.2 Å². The summed E-state index contributed by atoms with van der Waals surface area (Å²) in [6, 6.07) is 3.51. The van der Waals surface area contributed by atoms with Gasteiger partial charge in [-0.05, 0) is 32.2 Å². The SMILES string of the molecule is CC(C(=O)Nc1ccc(Br)cc1F)N(C)Cc1nccn1CC(F)(F)F. The van der Waals surface area contributed by atoms with Crippen LogP contribution in [0.5, 0.6) is 0 Å². The predicted molar refractivity (Wildman–Crippen MR) is 91.9 cm³/mol. The fraction of sp³-hybridized carbons (Fsp3) is 0.375. The Morgan fingerprint density at radius 1 is 1.42 bits per heavy atom. The van der Waals surface area contributed by atoms with E-state index >= 15 is 0 Å². The molecule has 0 aliphatic heterocycles. The van der Waals surface area contributed by atoms with Crippen LogP contribution in [-0.2, 0) is 17.9 Å².